The predicted molar refractivity (Wildman–Crippen MR) is 115 cm³/mol. The predicted octanol–water partition coefficient (Wildman–Crippen LogP) is 4.64. The van der Waals surface area contributed by atoms with Crippen molar-refractivity contribution in [3.63, 3.8) is 0 Å². The number of anilines is 1. The maximum absolute atomic E-state index is 12.4. The standard InChI is InChI=1S/C23H21BrN2O2/c1-16-14-19(24)12-13-21(16)26-23(28)22(27)25-15-20(17-8-4-2-5-9-17)18-10-6-3-7-11-18/h2-14,20H,15H2,1H3,(H,25,27)(H,26,28). The molecule has 0 aliphatic heterocycles. The highest BCUT2D eigenvalue weighted by atomic mass is 79.9. The fraction of sp³-hybridized carbons (Fsp3) is 0.130. The first-order valence-electron chi connectivity index (χ1n) is 9.00. The summed E-state index contributed by atoms with van der Waals surface area (Å²) in [7, 11) is 0. The van der Waals surface area contributed by atoms with Crippen molar-refractivity contribution in [1.82, 2.24) is 5.32 Å². The van der Waals surface area contributed by atoms with Gasteiger partial charge in [-0.1, -0.05) is 76.6 Å². The molecule has 0 unspecified atom stereocenters. The summed E-state index contributed by atoms with van der Waals surface area (Å²) in [5.41, 5.74) is 3.66. The molecule has 3 rings (SSSR count). The van der Waals surface area contributed by atoms with Crippen LogP contribution in [-0.4, -0.2) is 18.4 Å². The molecule has 0 saturated heterocycles. The Balaban J connectivity index is 1.69. The first-order chi connectivity index (χ1) is 13.5. The van der Waals surface area contributed by atoms with Gasteiger partial charge < -0.3 is 10.6 Å². The van der Waals surface area contributed by atoms with Crippen LogP contribution in [0, 0.1) is 6.92 Å². The van der Waals surface area contributed by atoms with Gasteiger partial charge in [0.25, 0.3) is 0 Å². The van der Waals surface area contributed by atoms with E-state index in [4.69, 9.17) is 0 Å². The molecule has 2 amide bonds. The lowest BCUT2D eigenvalue weighted by molar-refractivity contribution is -0.136. The summed E-state index contributed by atoms with van der Waals surface area (Å²) in [6.45, 7) is 2.21. The van der Waals surface area contributed by atoms with E-state index < -0.39 is 11.8 Å². The third-order valence-corrected chi connectivity index (χ3v) is 5.01. The number of hydrogen-bond donors (Lipinski definition) is 2. The highest BCUT2D eigenvalue weighted by Crippen LogP contribution is 2.24. The molecule has 3 aromatic carbocycles. The molecular weight excluding hydrogens is 416 g/mol. The van der Waals surface area contributed by atoms with Crippen LogP contribution in [0.15, 0.2) is 83.3 Å². The van der Waals surface area contributed by atoms with Gasteiger partial charge >= 0.3 is 11.8 Å². The highest BCUT2D eigenvalue weighted by molar-refractivity contribution is 9.10. The lowest BCUT2D eigenvalue weighted by Gasteiger charge is -2.19. The van der Waals surface area contributed by atoms with Crippen LogP contribution < -0.4 is 10.6 Å². The molecule has 0 aliphatic rings. The Morgan fingerprint density at radius 2 is 1.43 bits per heavy atom. The van der Waals surface area contributed by atoms with E-state index in [9.17, 15) is 9.59 Å². The van der Waals surface area contributed by atoms with Gasteiger partial charge in [0.2, 0.25) is 0 Å². The molecule has 5 heteroatoms. The molecule has 0 spiro atoms. The number of hydrogen-bond acceptors (Lipinski definition) is 2. The Kier molecular flexibility index (Phi) is 6.61. The zero-order chi connectivity index (χ0) is 19.9. The van der Waals surface area contributed by atoms with Crippen LogP contribution in [-0.2, 0) is 9.59 Å². The van der Waals surface area contributed by atoms with E-state index in [0.29, 0.717) is 12.2 Å². The quantitative estimate of drug-likeness (QED) is 0.572. The second-order valence-electron chi connectivity index (χ2n) is 6.50. The molecule has 4 nitrogen and oxygen atoms in total. The molecule has 0 atom stereocenters. The van der Waals surface area contributed by atoms with E-state index in [2.05, 4.69) is 26.6 Å². The van der Waals surface area contributed by atoms with E-state index in [1.54, 1.807) is 6.07 Å². The number of nitrogens with one attached hydrogen (secondary N) is 2. The number of carbonyl (C=O) groups is 2. The van der Waals surface area contributed by atoms with Crippen molar-refractivity contribution in [3.05, 3.63) is 100 Å². The zero-order valence-electron chi connectivity index (χ0n) is 15.5. The first-order valence-corrected chi connectivity index (χ1v) is 9.79. The van der Waals surface area contributed by atoms with E-state index in [0.717, 1.165) is 21.2 Å². The smallest absolute Gasteiger partial charge is 0.313 e. The summed E-state index contributed by atoms with van der Waals surface area (Å²) in [6.07, 6.45) is 0. The van der Waals surface area contributed by atoms with Crippen molar-refractivity contribution in [1.29, 1.82) is 0 Å². The number of amides is 2. The fourth-order valence-corrected chi connectivity index (χ4v) is 3.50. The Morgan fingerprint density at radius 3 is 1.96 bits per heavy atom. The van der Waals surface area contributed by atoms with Gasteiger partial charge in [-0.25, -0.2) is 0 Å². The Hall–Kier alpha value is -2.92. The minimum Gasteiger partial charge on any atom is -0.347 e. The van der Waals surface area contributed by atoms with Crippen molar-refractivity contribution in [2.24, 2.45) is 0 Å². The van der Waals surface area contributed by atoms with Crippen LogP contribution in [0.2, 0.25) is 0 Å². The topological polar surface area (TPSA) is 58.2 Å². The fourth-order valence-electron chi connectivity index (χ4n) is 3.02. The molecular formula is C23H21BrN2O2. The minimum atomic E-state index is -0.676. The Morgan fingerprint density at radius 1 is 0.857 bits per heavy atom. The number of aryl methyl sites for hydroxylation is 1. The molecule has 0 bridgehead atoms. The van der Waals surface area contributed by atoms with Gasteiger partial charge in [0.1, 0.15) is 0 Å². The third kappa shape index (κ3) is 5.08. The summed E-state index contributed by atoms with van der Waals surface area (Å²) >= 11 is 3.38. The lowest BCUT2D eigenvalue weighted by Crippen LogP contribution is -2.38. The maximum atomic E-state index is 12.4. The molecule has 0 heterocycles. The van der Waals surface area contributed by atoms with Crippen molar-refractivity contribution in [2.45, 2.75) is 12.8 Å². The van der Waals surface area contributed by atoms with Gasteiger partial charge in [0.05, 0.1) is 0 Å². The first kappa shape index (κ1) is 19.8. The molecule has 3 aromatic rings. The van der Waals surface area contributed by atoms with Crippen LogP contribution >= 0.6 is 15.9 Å². The van der Waals surface area contributed by atoms with Gasteiger partial charge in [0, 0.05) is 22.6 Å². The van der Waals surface area contributed by atoms with Crippen molar-refractivity contribution >= 4 is 33.4 Å². The third-order valence-electron chi connectivity index (χ3n) is 4.51. The number of benzene rings is 3. The monoisotopic (exact) mass is 436 g/mol. The Labute approximate surface area is 173 Å². The molecule has 28 heavy (non-hydrogen) atoms. The molecule has 0 radical (unpaired) electrons. The van der Waals surface area contributed by atoms with Gasteiger partial charge in [-0.15, -0.1) is 0 Å². The summed E-state index contributed by atoms with van der Waals surface area (Å²) < 4.78 is 0.918. The van der Waals surface area contributed by atoms with Crippen molar-refractivity contribution in [2.75, 3.05) is 11.9 Å². The second-order valence-corrected chi connectivity index (χ2v) is 7.41. The average molecular weight is 437 g/mol. The van der Waals surface area contributed by atoms with Crippen molar-refractivity contribution < 1.29 is 9.59 Å². The normalized spacial score (nSPS) is 10.5. The number of halogens is 1. The van der Waals surface area contributed by atoms with Gasteiger partial charge in [0.15, 0.2) is 0 Å². The maximum Gasteiger partial charge on any atom is 0.313 e. The summed E-state index contributed by atoms with van der Waals surface area (Å²) in [5, 5.41) is 5.44. The molecule has 0 aromatic heterocycles. The van der Waals surface area contributed by atoms with E-state index in [-0.39, 0.29) is 5.92 Å². The number of carbonyl (C=O) groups excluding carboxylic acids is 2. The van der Waals surface area contributed by atoms with Crippen LogP contribution in [0.3, 0.4) is 0 Å². The summed E-state index contributed by atoms with van der Waals surface area (Å²) in [6, 6.07) is 25.3. The number of rotatable bonds is 5. The SMILES string of the molecule is Cc1cc(Br)ccc1NC(=O)C(=O)NCC(c1ccccc1)c1ccccc1. The summed E-state index contributed by atoms with van der Waals surface area (Å²) in [4.78, 5) is 24.7. The average Bonchev–Trinajstić information content (AvgIpc) is 2.71. The largest absolute Gasteiger partial charge is 0.347 e. The molecule has 142 valence electrons. The van der Waals surface area contributed by atoms with Crippen LogP contribution in [0.5, 0.6) is 0 Å². The van der Waals surface area contributed by atoms with Gasteiger partial charge in [-0.05, 0) is 41.8 Å². The van der Waals surface area contributed by atoms with Crippen LogP contribution in [0.1, 0.15) is 22.6 Å². The molecule has 2 N–H and O–H groups in total. The molecule has 0 saturated carbocycles. The van der Waals surface area contributed by atoms with Gasteiger partial charge in [-0.2, -0.15) is 0 Å². The molecule has 0 aliphatic carbocycles. The Bertz CT molecular complexity index is 919. The zero-order valence-corrected chi connectivity index (χ0v) is 17.1. The van der Waals surface area contributed by atoms with Crippen LogP contribution in [0.25, 0.3) is 0 Å². The highest BCUT2D eigenvalue weighted by Gasteiger charge is 2.19. The van der Waals surface area contributed by atoms with Crippen LogP contribution in [0.4, 0.5) is 5.69 Å². The van der Waals surface area contributed by atoms with Gasteiger partial charge in [-0.3, -0.25) is 9.59 Å². The second kappa shape index (κ2) is 9.33. The van der Waals surface area contributed by atoms with Crippen molar-refractivity contribution in [3.8, 4) is 0 Å². The van der Waals surface area contributed by atoms with E-state index >= 15 is 0 Å². The molecule has 0 fully saturated rings. The summed E-state index contributed by atoms with van der Waals surface area (Å²) in [5.74, 6) is -1.36. The van der Waals surface area contributed by atoms with E-state index in [1.807, 2.05) is 79.7 Å². The van der Waals surface area contributed by atoms with E-state index in [1.165, 1.54) is 0 Å². The minimum absolute atomic E-state index is 0.0337. The lowest BCUT2D eigenvalue weighted by atomic mass is 9.91.